The monoisotopic (exact) mass is 447 g/mol. The van der Waals surface area contributed by atoms with Crippen molar-refractivity contribution in [1.82, 2.24) is 15.5 Å². The number of nitrogens with one attached hydrogen (secondary N) is 2. The number of aliphatic imine (C=N–C) groups is 1. The second kappa shape index (κ2) is 11.0. The summed E-state index contributed by atoms with van der Waals surface area (Å²) >= 11 is 0. The standard InChI is InChI=1S/C16H25N5O2.HI/c1-2-8-18-16(19-9-5-14-4-3-12-23-14)20-13-6-10-21(11-7-13)15(17)22;/h2-4,12-13H,1,5-11H2,(H2,17,22)(H2,18,19,20);1H. The molecule has 1 aromatic heterocycles. The van der Waals surface area contributed by atoms with E-state index >= 15 is 0 Å². The molecule has 0 bridgehead atoms. The van der Waals surface area contributed by atoms with Crippen molar-refractivity contribution >= 4 is 36.0 Å². The third-order valence-electron chi connectivity index (χ3n) is 3.77. The summed E-state index contributed by atoms with van der Waals surface area (Å²) in [5.41, 5.74) is 5.30. The molecule has 0 aromatic carbocycles. The van der Waals surface area contributed by atoms with Crippen LogP contribution in [0.2, 0.25) is 0 Å². The summed E-state index contributed by atoms with van der Waals surface area (Å²) in [6.07, 6.45) is 5.93. The lowest BCUT2D eigenvalue weighted by molar-refractivity contribution is 0.188. The highest BCUT2D eigenvalue weighted by Crippen LogP contribution is 2.09. The van der Waals surface area contributed by atoms with Gasteiger partial charge >= 0.3 is 6.03 Å². The molecule has 1 saturated heterocycles. The Hall–Kier alpha value is -1.71. The summed E-state index contributed by atoms with van der Waals surface area (Å²) in [6.45, 7) is 6.35. The van der Waals surface area contributed by atoms with Crippen LogP contribution in [0.3, 0.4) is 0 Å². The van der Waals surface area contributed by atoms with Gasteiger partial charge in [0.15, 0.2) is 5.96 Å². The molecule has 2 rings (SSSR count). The molecule has 4 N–H and O–H groups in total. The first-order chi connectivity index (χ1) is 11.2. The molecule has 1 aliphatic heterocycles. The van der Waals surface area contributed by atoms with Crippen LogP contribution in [0, 0.1) is 0 Å². The highest BCUT2D eigenvalue weighted by Gasteiger charge is 2.21. The molecule has 0 saturated carbocycles. The van der Waals surface area contributed by atoms with E-state index in [1.165, 1.54) is 0 Å². The fourth-order valence-electron chi connectivity index (χ4n) is 2.49. The number of nitrogens with zero attached hydrogens (tertiary/aromatic N) is 2. The molecule has 0 unspecified atom stereocenters. The van der Waals surface area contributed by atoms with Crippen molar-refractivity contribution in [2.24, 2.45) is 10.7 Å². The Balaban J connectivity index is 0.00000288. The zero-order chi connectivity index (χ0) is 16.5. The molecule has 1 fully saturated rings. The lowest BCUT2D eigenvalue weighted by Gasteiger charge is -2.32. The van der Waals surface area contributed by atoms with Gasteiger partial charge in [-0.25, -0.2) is 4.79 Å². The van der Waals surface area contributed by atoms with Gasteiger partial charge in [-0.1, -0.05) is 6.08 Å². The number of nitrogens with two attached hydrogens (primary N) is 1. The molecule has 1 aliphatic rings. The number of halogens is 1. The molecular weight excluding hydrogens is 421 g/mol. The van der Waals surface area contributed by atoms with Crippen LogP contribution < -0.4 is 16.4 Å². The lowest BCUT2D eigenvalue weighted by Crippen LogP contribution is -2.50. The molecular formula is C16H26IN5O2. The third-order valence-corrected chi connectivity index (χ3v) is 3.77. The normalized spacial score (nSPS) is 15.5. The number of carbonyl (C=O) groups excluding carboxylic acids is 1. The summed E-state index contributed by atoms with van der Waals surface area (Å²) in [5.74, 6) is 1.68. The number of piperidine rings is 1. The Morgan fingerprint density at radius 1 is 1.50 bits per heavy atom. The van der Waals surface area contributed by atoms with Crippen molar-refractivity contribution in [2.45, 2.75) is 25.3 Å². The minimum absolute atomic E-state index is 0. The maximum atomic E-state index is 11.2. The SMILES string of the molecule is C=CCNC(=NCCc1ccco1)NC1CCN(C(N)=O)CC1.I. The summed E-state index contributed by atoms with van der Waals surface area (Å²) in [7, 11) is 0. The van der Waals surface area contributed by atoms with Crippen molar-refractivity contribution in [3.05, 3.63) is 36.8 Å². The van der Waals surface area contributed by atoms with Crippen LogP contribution in [0.4, 0.5) is 4.79 Å². The fraction of sp³-hybridized carbons (Fsp3) is 0.500. The van der Waals surface area contributed by atoms with Gasteiger partial charge in [0.25, 0.3) is 0 Å². The van der Waals surface area contributed by atoms with Crippen molar-refractivity contribution in [2.75, 3.05) is 26.2 Å². The number of hydrogen-bond donors (Lipinski definition) is 3. The molecule has 0 atom stereocenters. The van der Waals surface area contributed by atoms with Gasteiger partial charge in [-0.15, -0.1) is 30.6 Å². The van der Waals surface area contributed by atoms with Crippen LogP contribution in [-0.4, -0.2) is 49.1 Å². The summed E-state index contributed by atoms with van der Waals surface area (Å²) in [6, 6.07) is 3.76. The molecule has 2 heterocycles. The van der Waals surface area contributed by atoms with Gasteiger partial charge in [-0.2, -0.15) is 0 Å². The van der Waals surface area contributed by atoms with E-state index < -0.39 is 0 Å². The zero-order valence-corrected chi connectivity index (χ0v) is 16.1. The van der Waals surface area contributed by atoms with Gasteiger partial charge in [0.1, 0.15) is 5.76 Å². The second-order valence-electron chi connectivity index (χ2n) is 5.47. The van der Waals surface area contributed by atoms with E-state index in [0.29, 0.717) is 26.2 Å². The van der Waals surface area contributed by atoms with E-state index in [1.54, 1.807) is 17.2 Å². The number of carbonyl (C=O) groups is 1. The average molecular weight is 447 g/mol. The van der Waals surface area contributed by atoms with E-state index in [-0.39, 0.29) is 36.0 Å². The number of furan rings is 1. The van der Waals surface area contributed by atoms with E-state index in [1.807, 2.05) is 12.1 Å². The Morgan fingerprint density at radius 3 is 2.83 bits per heavy atom. The number of primary amides is 1. The average Bonchev–Trinajstić information content (AvgIpc) is 3.06. The molecule has 7 nitrogen and oxygen atoms in total. The van der Waals surface area contributed by atoms with Crippen LogP contribution in [0.5, 0.6) is 0 Å². The third kappa shape index (κ3) is 6.81. The van der Waals surface area contributed by atoms with Crippen molar-refractivity contribution < 1.29 is 9.21 Å². The first-order valence-corrected chi connectivity index (χ1v) is 7.91. The number of amides is 2. The van der Waals surface area contributed by atoms with Crippen molar-refractivity contribution in [3.63, 3.8) is 0 Å². The number of urea groups is 1. The first kappa shape index (κ1) is 20.3. The van der Waals surface area contributed by atoms with Gasteiger partial charge < -0.3 is 25.7 Å². The van der Waals surface area contributed by atoms with Crippen LogP contribution in [0.1, 0.15) is 18.6 Å². The molecule has 24 heavy (non-hydrogen) atoms. The second-order valence-corrected chi connectivity index (χ2v) is 5.47. The highest BCUT2D eigenvalue weighted by molar-refractivity contribution is 14.0. The number of hydrogen-bond acceptors (Lipinski definition) is 3. The lowest BCUT2D eigenvalue weighted by atomic mass is 10.1. The quantitative estimate of drug-likeness (QED) is 0.268. The fourth-order valence-corrected chi connectivity index (χ4v) is 2.49. The Kier molecular flexibility index (Phi) is 9.28. The number of guanidine groups is 1. The molecule has 8 heteroatoms. The molecule has 2 amide bonds. The van der Waals surface area contributed by atoms with Crippen LogP contribution in [-0.2, 0) is 6.42 Å². The van der Waals surface area contributed by atoms with E-state index in [4.69, 9.17) is 10.2 Å². The Labute approximate surface area is 159 Å². The Bertz CT molecular complexity index is 525. The first-order valence-electron chi connectivity index (χ1n) is 7.91. The molecule has 134 valence electrons. The summed E-state index contributed by atoms with van der Waals surface area (Å²) < 4.78 is 5.31. The van der Waals surface area contributed by atoms with E-state index in [2.05, 4.69) is 22.2 Å². The molecule has 0 aliphatic carbocycles. The smallest absolute Gasteiger partial charge is 0.314 e. The van der Waals surface area contributed by atoms with Gasteiger partial charge in [-0.3, -0.25) is 4.99 Å². The Morgan fingerprint density at radius 2 is 2.25 bits per heavy atom. The maximum absolute atomic E-state index is 11.2. The maximum Gasteiger partial charge on any atom is 0.314 e. The van der Waals surface area contributed by atoms with Gasteiger partial charge in [0, 0.05) is 38.6 Å². The topological polar surface area (TPSA) is 95.9 Å². The summed E-state index contributed by atoms with van der Waals surface area (Å²) in [4.78, 5) is 17.4. The molecule has 0 radical (unpaired) electrons. The van der Waals surface area contributed by atoms with Crippen molar-refractivity contribution in [1.29, 1.82) is 0 Å². The van der Waals surface area contributed by atoms with Gasteiger partial charge in [0.05, 0.1) is 6.26 Å². The van der Waals surface area contributed by atoms with Gasteiger partial charge in [-0.05, 0) is 25.0 Å². The van der Waals surface area contributed by atoms with Crippen LogP contribution >= 0.6 is 24.0 Å². The van der Waals surface area contributed by atoms with Crippen molar-refractivity contribution in [3.8, 4) is 0 Å². The van der Waals surface area contributed by atoms with E-state index in [9.17, 15) is 4.79 Å². The van der Waals surface area contributed by atoms with Crippen LogP contribution in [0.15, 0.2) is 40.5 Å². The van der Waals surface area contributed by atoms with E-state index in [0.717, 1.165) is 31.0 Å². The summed E-state index contributed by atoms with van der Waals surface area (Å²) in [5, 5.41) is 6.63. The zero-order valence-electron chi connectivity index (χ0n) is 13.7. The number of likely N-dealkylation sites (tertiary alicyclic amines) is 1. The predicted molar refractivity (Wildman–Crippen MR) is 106 cm³/mol. The molecule has 1 aromatic rings. The molecule has 0 spiro atoms. The minimum Gasteiger partial charge on any atom is -0.469 e. The predicted octanol–water partition coefficient (Wildman–Crippen LogP) is 1.70. The highest BCUT2D eigenvalue weighted by atomic mass is 127. The largest absolute Gasteiger partial charge is 0.469 e. The van der Waals surface area contributed by atoms with Gasteiger partial charge in [0.2, 0.25) is 0 Å². The van der Waals surface area contributed by atoms with Crippen LogP contribution in [0.25, 0.3) is 0 Å². The number of rotatable bonds is 6. The minimum atomic E-state index is -0.347.